The number of unbranched alkanes of at least 4 members (excludes halogenated alkanes) is 4. The molecule has 0 bridgehead atoms. The molecule has 0 saturated heterocycles. The molecule has 0 radical (unpaired) electrons. The van der Waals surface area contributed by atoms with Gasteiger partial charge in [-0.25, -0.2) is 0 Å². The van der Waals surface area contributed by atoms with Crippen LogP contribution in [0.5, 0.6) is 0 Å². The van der Waals surface area contributed by atoms with Gasteiger partial charge in [-0.15, -0.1) is 0 Å². The number of hydrogen-bond acceptors (Lipinski definition) is 3. The maximum absolute atomic E-state index is 5.85. The van der Waals surface area contributed by atoms with Gasteiger partial charge in [0.25, 0.3) is 0 Å². The van der Waals surface area contributed by atoms with Crippen LogP contribution in [0, 0.1) is 0 Å². The van der Waals surface area contributed by atoms with Gasteiger partial charge < -0.3 is 14.8 Å². The molecule has 0 aliphatic heterocycles. The van der Waals surface area contributed by atoms with Crippen LogP contribution in [0.1, 0.15) is 51.9 Å². The third kappa shape index (κ3) is 8.58. The summed E-state index contributed by atoms with van der Waals surface area (Å²) in [5.41, 5.74) is 0. The lowest BCUT2D eigenvalue weighted by Gasteiger charge is -2.17. The summed E-state index contributed by atoms with van der Waals surface area (Å²) in [5, 5.41) is 3.50. The standard InChI is InChI=1S/C14H29NO2/c1-3-4-5-6-7-10-17-14(12-16-2)11-15-13-8-9-13/h13-15H,3-12H2,1-2H3. The first-order valence-corrected chi connectivity index (χ1v) is 7.20. The topological polar surface area (TPSA) is 30.5 Å². The molecule has 0 amide bonds. The Labute approximate surface area is 106 Å². The minimum Gasteiger partial charge on any atom is -0.382 e. The first-order chi connectivity index (χ1) is 8.36. The summed E-state index contributed by atoms with van der Waals surface area (Å²) in [6, 6.07) is 0.752. The highest BCUT2D eigenvalue weighted by molar-refractivity contribution is 4.82. The predicted octanol–water partition coefficient (Wildman–Crippen LogP) is 2.74. The molecule has 1 N–H and O–H groups in total. The van der Waals surface area contributed by atoms with E-state index in [0.29, 0.717) is 6.61 Å². The lowest BCUT2D eigenvalue weighted by atomic mass is 10.2. The fourth-order valence-electron chi connectivity index (χ4n) is 1.89. The smallest absolute Gasteiger partial charge is 0.0932 e. The molecule has 0 aromatic rings. The van der Waals surface area contributed by atoms with E-state index in [0.717, 1.165) is 19.2 Å². The summed E-state index contributed by atoms with van der Waals surface area (Å²) >= 11 is 0. The molecule has 3 heteroatoms. The van der Waals surface area contributed by atoms with Crippen LogP contribution in [-0.4, -0.2) is 39.0 Å². The Bertz CT molecular complexity index is 172. The van der Waals surface area contributed by atoms with Gasteiger partial charge >= 0.3 is 0 Å². The largest absolute Gasteiger partial charge is 0.382 e. The molecular weight excluding hydrogens is 214 g/mol. The maximum Gasteiger partial charge on any atom is 0.0932 e. The van der Waals surface area contributed by atoms with Crippen LogP contribution in [0.4, 0.5) is 0 Å². The zero-order chi connectivity index (χ0) is 12.3. The summed E-state index contributed by atoms with van der Waals surface area (Å²) in [5.74, 6) is 0. The lowest BCUT2D eigenvalue weighted by molar-refractivity contribution is -0.00261. The van der Waals surface area contributed by atoms with Crippen molar-refractivity contribution in [3.63, 3.8) is 0 Å². The zero-order valence-electron chi connectivity index (χ0n) is 11.5. The van der Waals surface area contributed by atoms with Crippen LogP contribution in [0.2, 0.25) is 0 Å². The Morgan fingerprint density at radius 2 is 1.94 bits per heavy atom. The normalized spacial score (nSPS) is 17.3. The molecule has 3 nitrogen and oxygen atoms in total. The van der Waals surface area contributed by atoms with E-state index in [1.54, 1.807) is 7.11 Å². The van der Waals surface area contributed by atoms with Gasteiger partial charge in [-0.05, 0) is 19.3 Å². The van der Waals surface area contributed by atoms with Crippen LogP contribution < -0.4 is 5.32 Å². The van der Waals surface area contributed by atoms with Crippen molar-refractivity contribution in [2.45, 2.75) is 64.0 Å². The fraction of sp³-hybridized carbons (Fsp3) is 1.00. The average molecular weight is 243 g/mol. The summed E-state index contributed by atoms with van der Waals surface area (Å²) in [7, 11) is 1.74. The molecule has 1 rings (SSSR count). The number of nitrogens with one attached hydrogen (secondary N) is 1. The minimum atomic E-state index is 0.228. The monoisotopic (exact) mass is 243 g/mol. The predicted molar refractivity (Wildman–Crippen MR) is 71.4 cm³/mol. The highest BCUT2D eigenvalue weighted by Gasteiger charge is 2.21. The molecule has 0 aromatic heterocycles. The molecule has 1 aliphatic carbocycles. The van der Waals surface area contributed by atoms with Crippen LogP contribution in [0.3, 0.4) is 0 Å². The second-order valence-corrected chi connectivity index (χ2v) is 5.04. The van der Waals surface area contributed by atoms with Crippen molar-refractivity contribution >= 4 is 0 Å². The van der Waals surface area contributed by atoms with Crippen molar-refractivity contribution in [3.05, 3.63) is 0 Å². The van der Waals surface area contributed by atoms with Crippen LogP contribution in [0.15, 0.2) is 0 Å². The van der Waals surface area contributed by atoms with Gasteiger partial charge in [0.15, 0.2) is 0 Å². The number of ether oxygens (including phenoxy) is 2. The van der Waals surface area contributed by atoms with Gasteiger partial charge in [-0.3, -0.25) is 0 Å². The molecule has 17 heavy (non-hydrogen) atoms. The van der Waals surface area contributed by atoms with E-state index < -0.39 is 0 Å². The molecule has 0 heterocycles. The molecule has 1 atom stereocenters. The van der Waals surface area contributed by atoms with Gasteiger partial charge in [-0.2, -0.15) is 0 Å². The third-order valence-electron chi connectivity index (χ3n) is 3.17. The van der Waals surface area contributed by atoms with Crippen molar-refractivity contribution in [3.8, 4) is 0 Å². The SMILES string of the molecule is CCCCCCCOC(CNC1CC1)COC. The number of methoxy groups -OCH3 is 1. The van der Waals surface area contributed by atoms with Gasteiger partial charge in [0.1, 0.15) is 0 Å². The van der Waals surface area contributed by atoms with E-state index in [4.69, 9.17) is 9.47 Å². The van der Waals surface area contributed by atoms with Crippen molar-refractivity contribution in [2.75, 3.05) is 26.9 Å². The Hall–Kier alpha value is -0.120. The van der Waals surface area contributed by atoms with E-state index >= 15 is 0 Å². The summed E-state index contributed by atoms with van der Waals surface area (Å²) < 4.78 is 11.0. The van der Waals surface area contributed by atoms with Crippen LogP contribution in [-0.2, 0) is 9.47 Å². The van der Waals surface area contributed by atoms with Crippen molar-refractivity contribution in [2.24, 2.45) is 0 Å². The summed E-state index contributed by atoms with van der Waals surface area (Å²) in [6.45, 7) is 4.76. The van der Waals surface area contributed by atoms with Gasteiger partial charge in [0, 0.05) is 26.3 Å². The fourth-order valence-corrected chi connectivity index (χ4v) is 1.89. The lowest BCUT2D eigenvalue weighted by Crippen LogP contribution is -2.34. The molecule has 1 unspecified atom stereocenters. The molecule has 102 valence electrons. The average Bonchev–Trinajstić information content (AvgIpc) is 3.14. The van der Waals surface area contributed by atoms with Gasteiger partial charge in [-0.1, -0.05) is 32.6 Å². The summed E-state index contributed by atoms with van der Waals surface area (Å²) in [6.07, 6.45) is 9.37. The molecule has 1 fully saturated rings. The van der Waals surface area contributed by atoms with Crippen molar-refractivity contribution in [1.82, 2.24) is 5.32 Å². The Kier molecular flexibility index (Phi) is 8.67. The zero-order valence-corrected chi connectivity index (χ0v) is 11.5. The third-order valence-corrected chi connectivity index (χ3v) is 3.17. The van der Waals surface area contributed by atoms with Crippen molar-refractivity contribution in [1.29, 1.82) is 0 Å². The summed E-state index contributed by atoms with van der Waals surface area (Å²) in [4.78, 5) is 0. The highest BCUT2D eigenvalue weighted by Crippen LogP contribution is 2.18. The van der Waals surface area contributed by atoms with E-state index in [2.05, 4.69) is 12.2 Å². The molecule has 1 aliphatic rings. The molecular formula is C14H29NO2. The first-order valence-electron chi connectivity index (χ1n) is 7.20. The Morgan fingerprint density at radius 1 is 1.18 bits per heavy atom. The minimum absolute atomic E-state index is 0.228. The van der Waals surface area contributed by atoms with Gasteiger partial charge in [0.2, 0.25) is 0 Å². The van der Waals surface area contributed by atoms with Crippen LogP contribution in [0.25, 0.3) is 0 Å². The molecule has 0 aromatic carbocycles. The van der Waals surface area contributed by atoms with Gasteiger partial charge in [0.05, 0.1) is 12.7 Å². The highest BCUT2D eigenvalue weighted by atomic mass is 16.5. The Morgan fingerprint density at radius 3 is 2.59 bits per heavy atom. The quantitative estimate of drug-likeness (QED) is 0.535. The van der Waals surface area contributed by atoms with Crippen molar-refractivity contribution < 1.29 is 9.47 Å². The Balaban J connectivity index is 1.94. The van der Waals surface area contributed by atoms with E-state index in [1.807, 2.05) is 0 Å². The molecule has 0 spiro atoms. The van der Waals surface area contributed by atoms with E-state index in [1.165, 1.54) is 44.9 Å². The van der Waals surface area contributed by atoms with E-state index in [-0.39, 0.29) is 6.10 Å². The second-order valence-electron chi connectivity index (χ2n) is 5.04. The first kappa shape index (κ1) is 14.9. The number of rotatable bonds is 12. The van der Waals surface area contributed by atoms with E-state index in [9.17, 15) is 0 Å². The molecule has 1 saturated carbocycles. The van der Waals surface area contributed by atoms with Crippen LogP contribution >= 0.6 is 0 Å². The number of hydrogen-bond donors (Lipinski definition) is 1. The maximum atomic E-state index is 5.85. The second kappa shape index (κ2) is 9.86.